The highest BCUT2D eigenvalue weighted by atomic mass is 19.4. The highest BCUT2D eigenvalue weighted by molar-refractivity contribution is 5.68. The van der Waals surface area contributed by atoms with E-state index in [9.17, 15) is 18.0 Å². The minimum atomic E-state index is -4.37. The number of nitrogens with one attached hydrogen (secondary N) is 1. The third kappa shape index (κ3) is 4.81. The lowest BCUT2D eigenvalue weighted by Gasteiger charge is -2.34. The van der Waals surface area contributed by atoms with Crippen LogP contribution in [-0.2, 0) is 10.9 Å². The van der Waals surface area contributed by atoms with Gasteiger partial charge >= 0.3 is 12.3 Å². The van der Waals surface area contributed by atoms with Crippen LogP contribution >= 0.6 is 0 Å². The van der Waals surface area contributed by atoms with Crippen molar-refractivity contribution in [1.29, 1.82) is 0 Å². The van der Waals surface area contributed by atoms with Crippen molar-refractivity contribution < 1.29 is 22.7 Å². The molecule has 3 rings (SSSR count). The number of carbonyl (C=O) groups excluding carboxylic acids is 1. The first-order valence-electron chi connectivity index (χ1n) is 8.81. The number of carbonyl (C=O) groups is 1. The van der Waals surface area contributed by atoms with Gasteiger partial charge in [0.2, 0.25) is 5.95 Å². The van der Waals surface area contributed by atoms with Gasteiger partial charge in [-0.1, -0.05) is 0 Å². The summed E-state index contributed by atoms with van der Waals surface area (Å²) < 4.78 is 42.9. The smallest absolute Gasteiger partial charge is 0.416 e. The summed E-state index contributed by atoms with van der Waals surface area (Å²) in [6.07, 6.45) is -3.13. The third-order valence-electron chi connectivity index (χ3n) is 4.22. The molecule has 0 atom stereocenters. The van der Waals surface area contributed by atoms with Crippen LogP contribution in [0.3, 0.4) is 0 Å². The highest BCUT2D eigenvalue weighted by Crippen LogP contribution is 2.30. The Hall–Kier alpha value is -3.04. The van der Waals surface area contributed by atoms with Crippen LogP contribution in [-0.4, -0.2) is 53.7 Å². The first-order valence-corrected chi connectivity index (χ1v) is 8.81. The number of halogens is 3. The Morgan fingerprint density at radius 1 is 1.14 bits per heavy atom. The molecular weight excluding hydrogens is 375 g/mol. The average Bonchev–Trinajstić information content (AvgIpc) is 2.68. The molecule has 1 N–H and O–H groups in total. The maximum atomic E-state index is 12.6. The van der Waals surface area contributed by atoms with Gasteiger partial charge in [-0.2, -0.15) is 18.2 Å². The van der Waals surface area contributed by atoms with Gasteiger partial charge in [-0.15, -0.1) is 0 Å². The standard InChI is InChI=1S/C18H20F3N5O2/c1-2-28-17(27)26-11-9-25(10-12-26)16-22-8-7-15(24-16)23-14-5-3-13(4-6-14)18(19,20)21/h3-8H,2,9-12H2,1H3,(H,22,23,24). The largest absolute Gasteiger partial charge is 0.450 e. The lowest BCUT2D eigenvalue weighted by molar-refractivity contribution is -0.137. The van der Waals surface area contributed by atoms with Gasteiger partial charge in [0, 0.05) is 38.1 Å². The molecule has 0 unspecified atom stereocenters. The molecule has 1 aliphatic rings. The Balaban J connectivity index is 1.62. The van der Waals surface area contributed by atoms with Crippen LogP contribution < -0.4 is 10.2 Å². The van der Waals surface area contributed by atoms with Gasteiger partial charge < -0.3 is 19.9 Å². The number of benzene rings is 1. The summed E-state index contributed by atoms with van der Waals surface area (Å²) in [5, 5.41) is 2.98. The van der Waals surface area contributed by atoms with E-state index < -0.39 is 11.7 Å². The van der Waals surface area contributed by atoms with E-state index in [4.69, 9.17) is 4.74 Å². The second-order valence-electron chi connectivity index (χ2n) is 6.12. The van der Waals surface area contributed by atoms with E-state index in [1.807, 2.05) is 4.90 Å². The fourth-order valence-electron chi connectivity index (χ4n) is 2.76. The fraction of sp³-hybridized carbons (Fsp3) is 0.389. The Morgan fingerprint density at radius 3 is 2.43 bits per heavy atom. The van der Waals surface area contributed by atoms with Crippen molar-refractivity contribution in [3.05, 3.63) is 42.1 Å². The molecule has 2 aromatic rings. The number of amides is 1. The maximum Gasteiger partial charge on any atom is 0.416 e. The van der Waals surface area contributed by atoms with Crippen LogP contribution in [0.4, 0.5) is 35.4 Å². The molecule has 0 aliphatic carbocycles. The Kier molecular flexibility index (Phi) is 5.86. The van der Waals surface area contributed by atoms with Gasteiger partial charge in [0.25, 0.3) is 0 Å². The molecule has 0 bridgehead atoms. The maximum absolute atomic E-state index is 12.6. The summed E-state index contributed by atoms with van der Waals surface area (Å²) in [7, 11) is 0. The van der Waals surface area contributed by atoms with Gasteiger partial charge in [0.05, 0.1) is 12.2 Å². The molecule has 0 saturated carbocycles. The Labute approximate surface area is 160 Å². The number of hydrogen-bond acceptors (Lipinski definition) is 6. The molecule has 1 aromatic carbocycles. The van der Waals surface area contributed by atoms with Crippen molar-refractivity contribution in [2.24, 2.45) is 0 Å². The SMILES string of the molecule is CCOC(=O)N1CCN(c2nccc(Nc3ccc(C(F)(F)F)cc3)n2)CC1. The zero-order valence-electron chi connectivity index (χ0n) is 15.2. The quantitative estimate of drug-likeness (QED) is 0.854. The summed E-state index contributed by atoms with van der Waals surface area (Å²) in [6, 6.07) is 6.36. The van der Waals surface area contributed by atoms with Crippen LogP contribution in [0.1, 0.15) is 12.5 Å². The summed E-state index contributed by atoms with van der Waals surface area (Å²) >= 11 is 0. The molecule has 1 fully saturated rings. The summed E-state index contributed by atoms with van der Waals surface area (Å²) in [5.41, 5.74) is -0.217. The normalized spacial score (nSPS) is 14.7. The van der Waals surface area contributed by atoms with Gasteiger partial charge in [-0.05, 0) is 37.3 Å². The summed E-state index contributed by atoms with van der Waals surface area (Å²) in [4.78, 5) is 24.0. The topological polar surface area (TPSA) is 70.6 Å². The number of anilines is 3. The molecule has 2 heterocycles. The molecule has 0 radical (unpaired) electrons. The number of hydrogen-bond donors (Lipinski definition) is 1. The minimum absolute atomic E-state index is 0.333. The van der Waals surface area contributed by atoms with Crippen LogP contribution in [0.25, 0.3) is 0 Å². The molecule has 1 amide bonds. The molecule has 7 nitrogen and oxygen atoms in total. The molecule has 1 aliphatic heterocycles. The fourth-order valence-corrected chi connectivity index (χ4v) is 2.76. The first-order chi connectivity index (χ1) is 13.4. The summed E-state index contributed by atoms with van der Waals surface area (Å²) in [5.74, 6) is 0.956. The van der Waals surface area contributed by atoms with Gasteiger partial charge in [0.1, 0.15) is 5.82 Å². The van der Waals surface area contributed by atoms with Crippen LogP contribution in [0.5, 0.6) is 0 Å². The number of aromatic nitrogens is 2. The second-order valence-corrected chi connectivity index (χ2v) is 6.12. The van der Waals surface area contributed by atoms with E-state index in [1.165, 1.54) is 12.1 Å². The van der Waals surface area contributed by atoms with Gasteiger partial charge in [0.15, 0.2) is 0 Å². The molecule has 28 heavy (non-hydrogen) atoms. The number of rotatable bonds is 4. The van der Waals surface area contributed by atoms with Gasteiger partial charge in [-0.25, -0.2) is 9.78 Å². The molecule has 1 saturated heterocycles. The van der Waals surface area contributed by atoms with E-state index >= 15 is 0 Å². The van der Waals surface area contributed by atoms with Crippen LogP contribution in [0.2, 0.25) is 0 Å². The second kappa shape index (κ2) is 8.32. The number of alkyl halides is 3. The monoisotopic (exact) mass is 395 g/mol. The number of ether oxygens (including phenoxy) is 1. The molecular formula is C18H20F3N5O2. The summed E-state index contributed by atoms with van der Waals surface area (Å²) in [6.45, 7) is 4.21. The van der Waals surface area contributed by atoms with Crippen molar-refractivity contribution >= 4 is 23.5 Å². The van der Waals surface area contributed by atoms with Crippen molar-refractivity contribution in [1.82, 2.24) is 14.9 Å². The van der Waals surface area contributed by atoms with Crippen molar-refractivity contribution in [3.8, 4) is 0 Å². The molecule has 1 aromatic heterocycles. The van der Waals surface area contributed by atoms with E-state index in [-0.39, 0.29) is 6.09 Å². The van der Waals surface area contributed by atoms with Crippen LogP contribution in [0, 0.1) is 0 Å². The van der Waals surface area contributed by atoms with Crippen molar-refractivity contribution in [2.75, 3.05) is 43.0 Å². The van der Waals surface area contributed by atoms with Crippen LogP contribution in [0.15, 0.2) is 36.5 Å². The predicted octanol–water partition coefficient (Wildman–Crippen LogP) is 3.52. The molecule has 10 heteroatoms. The van der Waals surface area contributed by atoms with E-state index in [0.29, 0.717) is 50.2 Å². The Bertz CT molecular complexity index is 806. The number of piperazine rings is 1. The Morgan fingerprint density at radius 2 is 1.82 bits per heavy atom. The van der Waals surface area contributed by atoms with Crippen molar-refractivity contribution in [3.63, 3.8) is 0 Å². The van der Waals surface area contributed by atoms with Crippen molar-refractivity contribution in [2.45, 2.75) is 13.1 Å². The van der Waals surface area contributed by atoms with E-state index in [0.717, 1.165) is 12.1 Å². The van der Waals surface area contributed by atoms with E-state index in [2.05, 4.69) is 15.3 Å². The zero-order chi connectivity index (χ0) is 20.1. The highest BCUT2D eigenvalue weighted by Gasteiger charge is 2.30. The first kappa shape index (κ1) is 19.7. The lowest BCUT2D eigenvalue weighted by Crippen LogP contribution is -2.49. The zero-order valence-corrected chi connectivity index (χ0v) is 15.2. The lowest BCUT2D eigenvalue weighted by atomic mass is 10.2. The van der Waals surface area contributed by atoms with E-state index in [1.54, 1.807) is 24.1 Å². The minimum Gasteiger partial charge on any atom is -0.450 e. The number of nitrogens with zero attached hydrogens (tertiary/aromatic N) is 4. The van der Waals surface area contributed by atoms with Gasteiger partial charge in [-0.3, -0.25) is 0 Å². The average molecular weight is 395 g/mol. The third-order valence-corrected chi connectivity index (χ3v) is 4.22. The molecule has 0 spiro atoms. The predicted molar refractivity (Wildman–Crippen MR) is 97.6 cm³/mol. The molecule has 150 valence electrons.